The summed E-state index contributed by atoms with van der Waals surface area (Å²) in [6, 6.07) is 7.99. The maximum Gasteiger partial charge on any atom is 0.194 e. The molecule has 0 unspecified atom stereocenters. The van der Waals surface area contributed by atoms with Gasteiger partial charge in [-0.15, -0.1) is 11.3 Å². The molecule has 3 heterocycles. The van der Waals surface area contributed by atoms with Crippen LogP contribution >= 0.6 is 22.9 Å². The van der Waals surface area contributed by atoms with Crippen molar-refractivity contribution < 1.29 is 4.74 Å². The molecule has 1 aliphatic heterocycles. The number of halogens is 1. The molecular weight excluding hydrogens is 354 g/mol. The van der Waals surface area contributed by atoms with Crippen LogP contribution in [0.5, 0.6) is 0 Å². The summed E-state index contributed by atoms with van der Waals surface area (Å²) < 4.78 is 8.31. The fourth-order valence-corrected chi connectivity index (χ4v) is 4.83. The monoisotopic (exact) mass is 373 g/mol. The molecule has 3 aromatic rings. The molecule has 5 rings (SSSR count). The van der Waals surface area contributed by atoms with Gasteiger partial charge in [0.15, 0.2) is 4.96 Å². The third-order valence-corrected chi connectivity index (χ3v) is 6.45. The van der Waals surface area contributed by atoms with Crippen molar-refractivity contribution in [3.8, 4) is 11.3 Å². The number of benzene rings is 1. The van der Waals surface area contributed by atoms with Crippen molar-refractivity contribution in [2.45, 2.75) is 31.4 Å². The summed E-state index contributed by atoms with van der Waals surface area (Å²) in [5.41, 5.74) is 3.58. The number of nitrogens with zero attached hydrogens (tertiary/aromatic N) is 3. The van der Waals surface area contributed by atoms with E-state index in [1.54, 1.807) is 11.3 Å². The van der Waals surface area contributed by atoms with Gasteiger partial charge in [0, 0.05) is 41.8 Å². The average molecular weight is 374 g/mol. The van der Waals surface area contributed by atoms with E-state index < -0.39 is 0 Å². The number of thiazole rings is 1. The van der Waals surface area contributed by atoms with Crippen LogP contribution in [0.2, 0.25) is 5.02 Å². The Labute approximate surface area is 156 Å². The summed E-state index contributed by atoms with van der Waals surface area (Å²) in [7, 11) is 0. The predicted molar refractivity (Wildman–Crippen MR) is 101 cm³/mol. The van der Waals surface area contributed by atoms with Crippen LogP contribution in [-0.2, 0) is 11.3 Å². The van der Waals surface area contributed by atoms with E-state index in [1.165, 1.54) is 25.0 Å². The minimum atomic E-state index is 0.122. The lowest BCUT2D eigenvalue weighted by Gasteiger charge is -2.48. The molecule has 25 heavy (non-hydrogen) atoms. The van der Waals surface area contributed by atoms with Crippen molar-refractivity contribution >= 4 is 27.9 Å². The lowest BCUT2D eigenvalue weighted by molar-refractivity contribution is -0.153. The molecule has 0 atom stereocenters. The molecule has 1 aromatic carbocycles. The van der Waals surface area contributed by atoms with Crippen LogP contribution < -0.4 is 0 Å². The van der Waals surface area contributed by atoms with E-state index >= 15 is 0 Å². The van der Waals surface area contributed by atoms with E-state index in [2.05, 4.69) is 33.0 Å². The summed E-state index contributed by atoms with van der Waals surface area (Å²) in [6.45, 7) is 3.76. The van der Waals surface area contributed by atoms with Crippen LogP contribution in [0.1, 0.15) is 25.0 Å². The van der Waals surface area contributed by atoms with Crippen LogP contribution in [0.25, 0.3) is 16.2 Å². The third-order valence-electron chi connectivity index (χ3n) is 5.44. The lowest BCUT2D eigenvalue weighted by atomic mass is 9.79. The standard InChI is InChI=1S/C19H20ClN3OS/c20-15-4-2-14(3-5-15)17-16(23-9-11-25-18(23)21-17)12-22-8-10-24-19(13-22)6-1-7-19/h2-5,9,11H,1,6-8,10,12-13H2. The highest BCUT2D eigenvalue weighted by Crippen LogP contribution is 2.39. The normalized spacial score (nSPS) is 20.2. The van der Waals surface area contributed by atoms with E-state index in [-0.39, 0.29) is 5.60 Å². The van der Waals surface area contributed by atoms with Gasteiger partial charge in [-0.2, -0.15) is 0 Å². The first-order valence-corrected chi connectivity index (χ1v) is 10.0. The van der Waals surface area contributed by atoms with Crippen LogP contribution in [0.3, 0.4) is 0 Å². The van der Waals surface area contributed by atoms with E-state index in [4.69, 9.17) is 21.3 Å². The minimum absolute atomic E-state index is 0.122. The first kappa shape index (κ1) is 15.8. The number of hydrogen-bond acceptors (Lipinski definition) is 4. The van der Waals surface area contributed by atoms with Gasteiger partial charge in [-0.3, -0.25) is 9.30 Å². The zero-order chi connectivity index (χ0) is 16.9. The number of morpholine rings is 1. The molecule has 1 aliphatic carbocycles. The van der Waals surface area contributed by atoms with Gasteiger partial charge in [0.2, 0.25) is 0 Å². The van der Waals surface area contributed by atoms with Crippen molar-refractivity contribution in [3.63, 3.8) is 0 Å². The molecule has 2 aliphatic rings. The van der Waals surface area contributed by atoms with Gasteiger partial charge in [-0.05, 0) is 31.4 Å². The van der Waals surface area contributed by atoms with E-state index in [9.17, 15) is 0 Å². The number of rotatable bonds is 3. The quantitative estimate of drug-likeness (QED) is 0.678. The second-order valence-corrected chi connectivity index (χ2v) is 8.37. The number of ether oxygens (including phenoxy) is 1. The van der Waals surface area contributed by atoms with Gasteiger partial charge in [0.25, 0.3) is 0 Å². The molecule has 130 valence electrons. The Morgan fingerprint density at radius 1 is 1.24 bits per heavy atom. The molecular formula is C19H20ClN3OS. The molecule has 6 heteroatoms. The lowest BCUT2D eigenvalue weighted by Crippen LogP contribution is -2.55. The fraction of sp³-hybridized carbons (Fsp3) is 0.421. The van der Waals surface area contributed by atoms with Gasteiger partial charge in [-0.25, -0.2) is 4.98 Å². The Morgan fingerprint density at radius 3 is 2.84 bits per heavy atom. The Hall–Kier alpha value is -1.40. The Morgan fingerprint density at radius 2 is 2.08 bits per heavy atom. The SMILES string of the molecule is Clc1ccc(-c2nc3sccn3c2CN2CCOC3(CCC3)C2)cc1. The highest BCUT2D eigenvalue weighted by molar-refractivity contribution is 7.15. The zero-order valence-electron chi connectivity index (χ0n) is 13.9. The number of imidazole rings is 1. The van der Waals surface area contributed by atoms with Gasteiger partial charge in [0.1, 0.15) is 0 Å². The summed E-state index contributed by atoms with van der Waals surface area (Å²) in [5, 5.41) is 2.86. The highest BCUT2D eigenvalue weighted by atomic mass is 35.5. The van der Waals surface area contributed by atoms with Crippen molar-refractivity contribution in [1.82, 2.24) is 14.3 Å². The maximum atomic E-state index is 6.07. The molecule has 0 N–H and O–H groups in total. The first-order valence-electron chi connectivity index (χ1n) is 8.79. The summed E-state index contributed by atoms with van der Waals surface area (Å²) in [6.07, 6.45) is 5.83. The molecule has 0 bridgehead atoms. The van der Waals surface area contributed by atoms with E-state index in [0.29, 0.717) is 0 Å². The van der Waals surface area contributed by atoms with Gasteiger partial charge < -0.3 is 4.74 Å². The smallest absolute Gasteiger partial charge is 0.194 e. The predicted octanol–water partition coefficient (Wildman–Crippen LogP) is 4.47. The molecule has 2 fully saturated rings. The topological polar surface area (TPSA) is 29.8 Å². The van der Waals surface area contributed by atoms with Crippen LogP contribution in [0.4, 0.5) is 0 Å². The summed E-state index contributed by atoms with van der Waals surface area (Å²) in [5.74, 6) is 0. The molecule has 1 spiro atoms. The maximum absolute atomic E-state index is 6.07. The number of aromatic nitrogens is 2. The second kappa shape index (κ2) is 6.09. The average Bonchev–Trinajstić information content (AvgIpc) is 3.17. The Kier molecular flexibility index (Phi) is 3.86. The van der Waals surface area contributed by atoms with Gasteiger partial charge in [-0.1, -0.05) is 23.7 Å². The molecule has 1 saturated carbocycles. The molecule has 1 saturated heterocycles. The van der Waals surface area contributed by atoms with Gasteiger partial charge in [0.05, 0.1) is 23.6 Å². The van der Waals surface area contributed by atoms with Crippen LogP contribution in [0.15, 0.2) is 35.8 Å². The summed E-state index contributed by atoms with van der Waals surface area (Å²) in [4.78, 5) is 8.47. The molecule has 0 amide bonds. The first-order chi connectivity index (χ1) is 12.2. The number of hydrogen-bond donors (Lipinski definition) is 0. The fourth-order valence-electron chi connectivity index (χ4n) is 3.97. The van der Waals surface area contributed by atoms with Crippen molar-refractivity contribution in [2.24, 2.45) is 0 Å². The molecule has 0 radical (unpaired) electrons. The summed E-state index contributed by atoms with van der Waals surface area (Å²) >= 11 is 7.74. The van der Waals surface area contributed by atoms with Crippen molar-refractivity contribution in [3.05, 3.63) is 46.6 Å². The Balaban J connectivity index is 1.50. The zero-order valence-corrected chi connectivity index (χ0v) is 15.5. The van der Waals surface area contributed by atoms with Crippen molar-refractivity contribution in [2.75, 3.05) is 19.7 Å². The van der Waals surface area contributed by atoms with Gasteiger partial charge >= 0.3 is 0 Å². The van der Waals surface area contributed by atoms with Crippen LogP contribution in [0, 0.1) is 0 Å². The minimum Gasteiger partial charge on any atom is -0.372 e. The van der Waals surface area contributed by atoms with E-state index in [0.717, 1.165) is 47.5 Å². The molecule has 4 nitrogen and oxygen atoms in total. The third kappa shape index (κ3) is 2.79. The second-order valence-electron chi connectivity index (χ2n) is 7.07. The number of fused-ring (bicyclic) bond motifs is 1. The van der Waals surface area contributed by atoms with Crippen molar-refractivity contribution in [1.29, 1.82) is 0 Å². The highest BCUT2D eigenvalue weighted by Gasteiger charge is 2.42. The Bertz CT molecular complexity index is 897. The molecule has 2 aromatic heterocycles. The van der Waals surface area contributed by atoms with E-state index in [1.807, 2.05) is 12.1 Å². The largest absolute Gasteiger partial charge is 0.372 e. The van der Waals surface area contributed by atoms with Crippen LogP contribution in [-0.4, -0.2) is 39.6 Å².